The van der Waals surface area contributed by atoms with E-state index in [1.807, 2.05) is 0 Å². The van der Waals surface area contributed by atoms with Crippen molar-refractivity contribution in [1.29, 1.82) is 0 Å². The zero-order chi connectivity index (χ0) is 8.55. The second kappa shape index (κ2) is 2.81. The molecule has 1 aromatic carbocycles. The van der Waals surface area contributed by atoms with Gasteiger partial charge in [0.2, 0.25) is 0 Å². The van der Waals surface area contributed by atoms with Crippen LogP contribution in [-0.2, 0) is 6.42 Å². The van der Waals surface area contributed by atoms with E-state index in [1.54, 1.807) is 0 Å². The average Bonchev–Trinajstić information content (AvgIpc) is 2.04. The highest BCUT2D eigenvalue weighted by molar-refractivity contribution is 5.54. The second-order valence-electron chi connectivity index (χ2n) is 3.82. The summed E-state index contributed by atoms with van der Waals surface area (Å²) in [6.07, 6.45) is 1.24. The number of rotatable bonds is 0. The Hall–Kier alpha value is -0.980. The maximum atomic E-state index is 2.35. The summed E-state index contributed by atoms with van der Waals surface area (Å²) < 4.78 is 0. The standard InChI is InChI=1S/C11H15N/c1-9-7-10-5-3-4-6-11(10)12(2)8-9/h3-6,9H,7-8H2,1-2H3/t9-/m1/s1. The molecule has 0 bridgehead atoms. The summed E-state index contributed by atoms with van der Waals surface area (Å²) in [6, 6.07) is 8.69. The van der Waals surface area contributed by atoms with Crippen molar-refractivity contribution in [3.05, 3.63) is 29.8 Å². The summed E-state index contributed by atoms with van der Waals surface area (Å²) in [5, 5.41) is 0. The first-order valence-electron chi connectivity index (χ1n) is 4.56. The predicted molar refractivity (Wildman–Crippen MR) is 52.6 cm³/mol. The maximum absolute atomic E-state index is 2.35. The summed E-state index contributed by atoms with van der Waals surface area (Å²) in [4.78, 5) is 2.35. The third kappa shape index (κ3) is 1.20. The van der Waals surface area contributed by atoms with Crippen LogP contribution in [0.4, 0.5) is 5.69 Å². The first-order chi connectivity index (χ1) is 5.77. The molecule has 1 heteroatoms. The lowest BCUT2D eigenvalue weighted by Crippen LogP contribution is -2.30. The van der Waals surface area contributed by atoms with Gasteiger partial charge in [0.15, 0.2) is 0 Å². The van der Waals surface area contributed by atoms with Crippen LogP contribution >= 0.6 is 0 Å². The molecule has 1 heterocycles. The van der Waals surface area contributed by atoms with Crippen molar-refractivity contribution < 1.29 is 0 Å². The van der Waals surface area contributed by atoms with Crippen molar-refractivity contribution in [3.63, 3.8) is 0 Å². The number of para-hydroxylation sites is 1. The largest absolute Gasteiger partial charge is 0.374 e. The highest BCUT2D eigenvalue weighted by Crippen LogP contribution is 2.27. The van der Waals surface area contributed by atoms with Crippen LogP contribution in [0.5, 0.6) is 0 Å². The smallest absolute Gasteiger partial charge is 0.0396 e. The van der Waals surface area contributed by atoms with Gasteiger partial charge in [0, 0.05) is 19.3 Å². The monoisotopic (exact) mass is 161 g/mol. The van der Waals surface area contributed by atoms with E-state index >= 15 is 0 Å². The van der Waals surface area contributed by atoms with Gasteiger partial charge in [-0.3, -0.25) is 0 Å². The molecule has 0 aliphatic carbocycles. The lowest BCUT2D eigenvalue weighted by Gasteiger charge is -2.31. The summed E-state index contributed by atoms with van der Waals surface area (Å²) in [5.74, 6) is 0.796. The molecule has 0 saturated heterocycles. The number of hydrogen-bond donors (Lipinski definition) is 0. The van der Waals surface area contributed by atoms with Gasteiger partial charge in [-0.25, -0.2) is 0 Å². The molecule has 0 fully saturated rings. The number of fused-ring (bicyclic) bond motifs is 1. The zero-order valence-electron chi connectivity index (χ0n) is 7.75. The van der Waals surface area contributed by atoms with Crippen LogP contribution in [0.15, 0.2) is 24.3 Å². The van der Waals surface area contributed by atoms with Gasteiger partial charge >= 0.3 is 0 Å². The Morgan fingerprint density at radius 2 is 2.08 bits per heavy atom. The van der Waals surface area contributed by atoms with Gasteiger partial charge in [-0.15, -0.1) is 0 Å². The van der Waals surface area contributed by atoms with Crippen molar-refractivity contribution in [2.24, 2.45) is 5.92 Å². The highest BCUT2D eigenvalue weighted by atomic mass is 15.1. The molecule has 0 N–H and O–H groups in total. The Morgan fingerprint density at radius 1 is 1.33 bits per heavy atom. The normalized spacial score (nSPS) is 22.2. The third-order valence-corrected chi connectivity index (χ3v) is 2.56. The molecule has 64 valence electrons. The lowest BCUT2D eigenvalue weighted by molar-refractivity contribution is 0.552. The fourth-order valence-electron chi connectivity index (χ4n) is 2.06. The Balaban J connectivity index is 2.40. The van der Waals surface area contributed by atoms with E-state index in [9.17, 15) is 0 Å². The molecule has 1 nitrogen and oxygen atoms in total. The molecule has 0 amide bonds. The summed E-state index contributed by atoms with van der Waals surface area (Å²) >= 11 is 0. The average molecular weight is 161 g/mol. The SMILES string of the molecule is C[C@@H]1Cc2ccccc2N(C)C1. The molecule has 0 spiro atoms. The summed E-state index contributed by atoms with van der Waals surface area (Å²) in [5.41, 5.74) is 2.91. The second-order valence-corrected chi connectivity index (χ2v) is 3.82. The molecule has 0 saturated carbocycles. The molecular weight excluding hydrogens is 146 g/mol. The van der Waals surface area contributed by atoms with Crippen LogP contribution in [0.3, 0.4) is 0 Å². The van der Waals surface area contributed by atoms with E-state index in [2.05, 4.69) is 43.1 Å². The van der Waals surface area contributed by atoms with Gasteiger partial charge in [-0.1, -0.05) is 25.1 Å². The van der Waals surface area contributed by atoms with Crippen LogP contribution in [0.2, 0.25) is 0 Å². The van der Waals surface area contributed by atoms with Crippen LogP contribution < -0.4 is 4.90 Å². The summed E-state index contributed by atoms with van der Waals surface area (Å²) in [6.45, 7) is 3.50. The fraction of sp³-hybridized carbons (Fsp3) is 0.455. The Kier molecular flexibility index (Phi) is 1.80. The number of nitrogens with zero attached hydrogens (tertiary/aromatic N) is 1. The molecule has 1 aliphatic rings. The van der Waals surface area contributed by atoms with Crippen molar-refractivity contribution in [3.8, 4) is 0 Å². The summed E-state index contributed by atoms with van der Waals surface area (Å²) in [7, 11) is 2.18. The van der Waals surface area contributed by atoms with Gasteiger partial charge in [0.1, 0.15) is 0 Å². The maximum Gasteiger partial charge on any atom is 0.0396 e. The quantitative estimate of drug-likeness (QED) is 0.564. The first kappa shape index (κ1) is 7.66. The predicted octanol–water partition coefficient (Wildman–Crippen LogP) is 2.32. The Bertz CT molecular complexity index is 280. The van der Waals surface area contributed by atoms with Gasteiger partial charge in [0.25, 0.3) is 0 Å². The van der Waals surface area contributed by atoms with Crippen molar-refractivity contribution in [2.45, 2.75) is 13.3 Å². The first-order valence-corrected chi connectivity index (χ1v) is 4.56. The topological polar surface area (TPSA) is 3.24 Å². The van der Waals surface area contributed by atoms with Crippen LogP contribution in [0.1, 0.15) is 12.5 Å². The molecule has 1 aromatic rings. The zero-order valence-corrected chi connectivity index (χ0v) is 7.75. The van der Waals surface area contributed by atoms with Crippen molar-refractivity contribution >= 4 is 5.69 Å². The molecule has 0 unspecified atom stereocenters. The van der Waals surface area contributed by atoms with Gasteiger partial charge < -0.3 is 4.90 Å². The van der Waals surface area contributed by atoms with E-state index < -0.39 is 0 Å². The molecule has 12 heavy (non-hydrogen) atoms. The van der Waals surface area contributed by atoms with E-state index in [0.29, 0.717) is 0 Å². The molecule has 2 rings (SSSR count). The Labute approximate surface area is 74.0 Å². The highest BCUT2D eigenvalue weighted by Gasteiger charge is 2.17. The minimum absolute atomic E-state index is 0.796. The number of benzene rings is 1. The molecular formula is C11H15N. The molecule has 1 atom stereocenters. The van der Waals surface area contributed by atoms with E-state index in [1.165, 1.54) is 24.2 Å². The van der Waals surface area contributed by atoms with Gasteiger partial charge in [0.05, 0.1) is 0 Å². The van der Waals surface area contributed by atoms with E-state index in [-0.39, 0.29) is 0 Å². The van der Waals surface area contributed by atoms with Crippen LogP contribution in [-0.4, -0.2) is 13.6 Å². The van der Waals surface area contributed by atoms with Crippen LogP contribution in [0, 0.1) is 5.92 Å². The van der Waals surface area contributed by atoms with E-state index in [0.717, 1.165) is 5.92 Å². The lowest BCUT2D eigenvalue weighted by atomic mass is 9.94. The Morgan fingerprint density at radius 3 is 2.92 bits per heavy atom. The molecule has 0 aromatic heterocycles. The molecule has 1 aliphatic heterocycles. The van der Waals surface area contributed by atoms with Gasteiger partial charge in [-0.2, -0.15) is 0 Å². The fourth-order valence-corrected chi connectivity index (χ4v) is 2.06. The van der Waals surface area contributed by atoms with Crippen molar-refractivity contribution in [1.82, 2.24) is 0 Å². The third-order valence-electron chi connectivity index (χ3n) is 2.56. The van der Waals surface area contributed by atoms with Crippen molar-refractivity contribution in [2.75, 3.05) is 18.5 Å². The van der Waals surface area contributed by atoms with E-state index in [4.69, 9.17) is 0 Å². The van der Waals surface area contributed by atoms with Crippen LogP contribution in [0.25, 0.3) is 0 Å². The number of hydrogen-bond acceptors (Lipinski definition) is 1. The number of anilines is 1. The minimum atomic E-state index is 0.796. The molecule has 0 radical (unpaired) electrons. The minimum Gasteiger partial charge on any atom is -0.374 e. The van der Waals surface area contributed by atoms with Gasteiger partial charge in [-0.05, 0) is 24.0 Å².